The fourth-order valence-corrected chi connectivity index (χ4v) is 3.00. The minimum absolute atomic E-state index is 0.00306. The van der Waals surface area contributed by atoms with Crippen molar-refractivity contribution in [2.24, 2.45) is 5.41 Å². The molecule has 1 aliphatic heterocycles. The Morgan fingerprint density at radius 3 is 2.83 bits per heavy atom. The van der Waals surface area contributed by atoms with E-state index in [1.165, 1.54) is 12.5 Å². The van der Waals surface area contributed by atoms with Gasteiger partial charge in [-0.05, 0) is 24.8 Å². The summed E-state index contributed by atoms with van der Waals surface area (Å²) in [7, 11) is 0. The lowest BCUT2D eigenvalue weighted by Crippen LogP contribution is -2.30. The lowest BCUT2D eigenvalue weighted by molar-refractivity contribution is 0.0169. The monoisotopic (exact) mass is 333 g/mol. The minimum Gasteiger partial charge on any atom is -0.472 e. The highest BCUT2D eigenvalue weighted by Crippen LogP contribution is 2.40. The van der Waals surface area contributed by atoms with Crippen molar-refractivity contribution in [2.75, 3.05) is 6.61 Å². The third kappa shape index (κ3) is 3.36. The van der Waals surface area contributed by atoms with Gasteiger partial charge < -0.3 is 18.9 Å². The Balaban J connectivity index is 1.70. The van der Waals surface area contributed by atoms with Crippen molar-refractivity contribution in [1.29, 1.82) is 0 Å². The molecule has 1 saturated heterocycles. The molecule has 2 aromatic rings. The Bertz CT molecular complexity index is 687. The van der Waals surface area contributed by atoms with Crippen LogP contribution < -0.4 is 5.32 Å². The number of carbonyl (C=O) groups excluding carboxylic acids is 1. The van der Waals surface area contributed by atoms with Gasteiger partial charge in [-0.15, -0.1) is 10.2 Å². The topological polar surface area (TPSA) is 90.4 Å². The van der Waals surface area contributed by atoms with E-state index in [0.717, 1.165) is 6.42 Å². The number of nitrogens with zero attached hydrogens (tertiary/aromatic N) is 2. The predicted octanol–water partition coefficient (Wildman–Crippen LogP) is 3.07. The summed E-state index contributed by atoms with van der Waals surface area (Å²) in [5, 5.41) is 11.1. The summed E-state index contributed by atoms with van der Waals surface area (Å²) in [5.74, 6) is 0.809. The van der Waals surface area contributed by atoms with Crippen molar-refractivity contribution < 1.29 is 18.4 Å². The first-order valence-corrected chi connectivity index (χ1v) is 8.14. The highest BCUT2D eigenvalue weighted by Gasteiger charge is 2.41. The molecule has 0 radical (unpaired) electrons. The van der Waals surface area contributed by atoms with E-state index in [0.29, 0.717) is 24.0 Å². The molecule has 2 aromatic heterocycles. The zero-order valence-corrected chi connectivity index (χ0v) is 14.4. The molecule has 0 saturated carbocycles. The molecular weight excluding hydrogens is 310 g/mol. The molecule has 0 aromatic carbocycles. The Kier molecular flexibility index (Phi) is 4.45. The summed E-state index contributed by atoms with van der Waals surface area (Å²) in [6.07, 6.45) is 3.75. The van der Waals surface area contributed by atoms with Gasteiger partial charge in [-0.3, -0.25) is 4.79 Å². The van der Waals surface area contributed by atoms with Crippen LogP contribution in [0.15, 0.2) is 27.4 Å². The zero-order chi connectivity index (χ0) is 17.3. The smallest absolute Gasteiger partial charge is 0.255 e. The number of furan rings is 1. The molecule has 0 bridgehead atoms. The van der Waals surface area contributed by atoms with Crippen molar-refractivity contribution in [3.05, 3.63) is 35.9 Å². The minimum atomic E-state index is -0.385. The van der Waals surface area contributed by atoms with Gasteiger partial charge in [0.1, 0.15) is 12.3 Å². The lowest BCUT2D eigenvalue weighted by Gasteiger charge is -2.29. The van der Waals surface area contributed by atoms with Crippen LogP contribution in [-0.2, 0) is 4.74 Å². The van der Waals surface area contributed by atoms with Gasteiger partial charge in [-0.1, -0.05) is 20.8 Å². The number of hydrogen-bond acceptors (Lipinski definition) is 6. The second-order valence-electron chi connectivity index (χ2n) is 7.24. The van der Waals surface area contributed by atoms with Crippen LogP contribution in [0.1, 0.15) is 68.2 Å². The summed E-state index contributed by atoms with van der Waals surface area (Å²) in [4.78, 5) is 12.1. The third-order valence-corrected chi connectivity index (χ3v) is 4.22. The summed E-state index contributed by atoms with van der Waals surface area (Å²) in [6, 6.07) is 1.22. The van der Waals surface area contributed by atoms with Crippen LogP contribution in [0.3, 0.4) is 0 Å². The van der Waals surface area contributed by atoms with Gasteiger partial charge in [0, 0.05) is 6.61 Å². The summed E-state index contributed by atoms with van der Waals surface area (Å²) < 4.78 is 16.6. The number of carbonyl (C=O) groups is 1. The average Bonchev–Trinajstić information content (AvgIpc) is 3.25. The second kappa shape index (κ2) is 6.39. The van der Waals surface area contributed by atoms with Gasteiger partial charge in [0.2, 0.25) is 11.8 Å². The van der Waals surface area contributed by atoms with Crippen LogP contribution >= 0.6 is 0 Å². The molecule has 1 aliphatic rings. The molecule has 1 N–H and O–H groups in total. The first kappa shape index (κ1) is 16.7. The van der Waals surface area contributed by atoms with Crippen molar-refractivity contribution in [3.63, 3.8) is 0 Å². The SMILES string of the molecule is C[C@@H](NC(=O)c1ccoc1)c1nnc([C@H]2CCO[C@@H]2C(C)(C)C)o1. The number of amides is 1. The van der Waals surface area contributed by atoms with Gasteiger partial charge in [-0.2, -0.15) is 0 Å². The van der Waals surface area contributed by atoms with E-state index in [1.54, 1.807) is 6.07 Å². The van der Waals surface area contributed by atoms with Crippen LogP contribution in [0.5, 0.6) is 0 Å². The highest BCUT2D eigenvalue weighted by molar-refractivity contribution is 5.93. The quantitative estimate of drug-likeness (QED) is 0.924. The van der Waals surface area contributed by atoms with E-state index in [1.807, 2.05) is 6.92 Å². The van der Waals surface area contributed by atoms with E-state index in [-0.39, 0.29) is 29.4 Å². The molecule has 0 unspecified atom stereocenters. The first-order chi connectivity index (χ1) is 11.4. The molecule has 0 spiro atoms. The first-order valence-electron chi connectivity index (χ1n) is 8.14. The van der Waals surface area contributed by atoms with Crippen molar-refractivity contribution in [2.45, 2.75) is 52.2 Å². The van der Waals surface area contributed by atoms with E-state index in [4.69, 9.17) is 13.6 Å². The Hall–Kier alpha value is -2.15. The molecule has 3 rings (SSSR count). The Labute approximate surface area is 140 Å². The van der Waals surface area contributed by atoms with E-state index >= 15 is 0 Å². The van der Waals surface area contributed by atoms with Gasteiger partial charge >= 0.3 is 0 Å². The van der Waals surface area contributed by atoms with Gasteiger partial charge in [0.05, 0.1) is 23.8 Å². The molecule has 7 heteroatoms. The van der Waals surface area contributed by atoms with Crippen molar-refractivity contribution >= 4 is 5.91 Å². The van der Waals surface area contributed by atoms with Crippen LogP contribution in [-0.4, -0.2) is 28.8 Å². The number of ether oxygens (including phenoxy) is 1. The highest BCUT2D eigenvalue weighted by atomic mass is 16.5. The summed E-state index contributed by atoms with van der Waals surface area (Å²) in [6.45, 7) is 8.92. The molecule has 24 heavy (non-hydrogen) atoms. The fraction of sp³-hybridized carbons (Fsp3) is 0.588. The van der Waals surface area contributed by atoms with Crippen LogP contribution in [0.25, 0.3) is 0 Å². The predicted molar refractivity (Wildman–Crippen MR) is 85.4 cm³/mol. The molecule has 3 heterocycles. The van der Waals surface area contributed by atoms with Gasteiger partial charge in [0.15, 0.2) is 0 Å². The molecule has 130 valence electrons. The molecule has 3 atom stereocenters. The van der Waals surface area contributed by atoms with Gasteiger partial charge in [0.25, 0.3) is 5.91 Å². The molecule has 1 amide bonds. The lowest BCUT2D eigenvalue weighted by atomic mass is 9.81. The van der Waals surface area contributed by atoms with E-state index in [9.17, 15) is 4.79 Å². The zero-order valence-electron chi connectivity index (χ0n) is 14.4. The van der Waals surface area contributed by atoms with Crippen LogP contribution in [0, 0.1) is 5.41 Å². The maximum Gasteiger partial charge on any atom is 0.255 e. The Morgan fingerprint density at radius 1 is 1.38 bits per heavy atom. The van der Waals surface area contributed by atoms with Crippen LogP contribution in [0.2, 0.25) is 0 Å². The van der Waals surface area contributed by atoms with Gasteiger partial charge in [-0.25, -0.2) is 0 Å². The summed E-state index contributed by atoms with van der Waals surface area (Å²) in [5.41, 5.74) is 0.454. The standard InChI is InChI=1S/C17H23N3O4/c1-10(18-14(21)11-5-7-22-9-11)15-19-20-16(24-15)12-6-8-23-13(12)17(2,3)4/h5,7,9-10,12-13H,6,8H2,1-4H3,(H,18,21)/t10-,12+,13+/m1/s1. The van der Waals surface area contributed by atoms with Crippen LogP contribution in [0.4, 0.5) is 0 Å². The van der Waals surface area contributed by atoms with Crippen molar-refractivity contribution in [1.82, 2.24) is 15.5 Å². The number of nitrogens with one attached hydrogen (secondary N) is 1. The maximum absolute atomic E-state index is 12.1. The Morgan fingerprint density at radius 2 is 2.17 bits per heavy atom. The average molecular weight is 333 g/mol. The summed E-state index contributed by atoms with van der Waals surface area (Å²) >= 11 is 0. The largest absolute Gasteiger partial charge is 0.472 e. The number of aromatic nitrogens is 2. The molecule has 7 nitrogen and oxygen atoms in total. The fourth-order valence-electron chi connectivity index (χ4n) is 3.00. The normalized spacial score (nSPS) is 22.5. The molecule has 1 fully saturated rings. The van der Waals surface area contributed by atoms with E-state index < -0.39 is 0 Å². The third-order valence-electron chi connectivity index (χ3n) is 4.22. The number of rotatable bonds is 4. The second-order valence-corrected chi connectivity index (χ2v) is 7.24. The number of hydrogen-bond donors (Lipinski definition) is 1. The maximum atomic E-state index is 12.1. The van der Waals surface area contributed by atoms with E-state index in [2.05, 4.69) is 36.3 Å². The van der Waals surface area contributed by atoms with Crippen molar-refractivity contribution in [3.8, 4) is 0 Å². The molecular formula is C17H23N3O4. The molecule has 0 aliphatic carbocycles.